The van der Waals surface area contributed by atoms with Gasteiger partial charge in [-0.2, -0.15) is 10.4 Å². The highest BCUT2D eigenvalue weighted by molar-refractivity contribution is 5.14. The average Bonchev–Trinajstić information content (AvgIpc) is 2.20. The van der Waals surface area contributed by atoms with Crippen LogP contribution in [0.25, 0.3) is 0 Å². The van der Waals surface area contributed by atoms with Gasteiger partial charge in [0.2, 0.25) is 0 Å². The van der Waals surface area contributed by atoms with Crippen LogP contribution in [0.4, 0.5) is 0 Å². The molecule has 0 aliphatic rings. The Kier molecular flexibility index (Phi) is 1.59. The number of nitriles is 1. The Morgan fingerprint density at radius 3 is 2.90 bits per heavy atom. The first-order valence-electron chi connectivity index (χ1n) is 2.79. The van der Waals surface area contributed by atoms with Gasteiger partial charge in [0.05, 0.1) is 18.1 Å². The summed E-state index contributed by atoms with van der Waals surface area (Å²) in [6.45, 7) is 1.62. The molecule has 0 atom stereocenters. The molecule has 0 saturated heterocycles. The second-order valence-electron chi connectivity index (χ2n) is 1.92. The summed E-state index contributed by atoms with van der Waals surface area (Å²) in [6, 6.07) is 1.89. The zero-order valence-electron chi connectivity index (χ0n) is 5.47. The number of nitrogens with one attached hydrogen (secondary N) is 1. The molecule has 0 saturated carbocycles. The van der Waals surface area contributed by atoms with Gasteiger partial charge in [0.1, 0.15) is 0 Å². The number of nitrogens with zero attached hydrogens (tertiary/aromatic N) is 1. The summed E-state index contributed by atoms with van der Waals surface area (Å²) < 4.78 is 4.68. The van der Waals surface area contributed by atoms with E-state index >= 15 is 0 Å². The van der Waals surface area contributed by atoms with Crippen LogP contribution in [0.1, 0.15) is 11.3 Å². The van der Waals surface area contributed by atoms with Crippen LogP contribution in [-0.2, 0) is 6.42 Å². The molecular formula is C6H6N2O2. The van der Waals surface area contributed by atoms with Crippen molar-refractivity contribution >= 4 is 0 Å². The van der Waals surface area contributed by atoms with Gasteiger partial charge < -0.3 is 4.52 Å². The van der Waals surface area contributed by atoms with Crippen molar-refractivity contribution < 1.29 is 4.52 Å². The molecule has 1 N–H and O–H groups in total. The second-order valence-corrected chi connectivity index (χ2v) is 1.92. The third kappa shape index (κ3) is 0.935. The molecule has 0 aliphatic carbocycles. The predicted octanol–water partition coefficient (Wildman–Crippen LogP) is 0.342. The standard InChI is InChI=1S/C6H6N2O2/c1-4-5(2-3-7)10-8-6(4)9/h2H2,1H3,(H,8,9). The largest absolute Gasteiger partial charge is 0.382 e. The summed E-state index contributed by atoms with van der Waals surface area (Å²) in [6.07, 6.45) is 0.143. The van der Waals surface area contributed by atoms with Gasteiger partial charge in [0, 0.05) is 0 Å². The molecule has 0 spiro atoms. The molecule has 0 amide bonds. The van der Waals surface area contributed by atoms with Crippen molar-refractivity contribution in [2.75, 3.05) is 0 Å². The van der Waals surface area contributed by atoms with Crippen molar-refractivity contribution in [2.24, 2.45) is 0 Å². The van der Waals surface area contributed by atoms with Crippen LogP contribution in [0.3, 0.4) is 0 Å². The van der Waals surface area contributed by atoms with Crippen LogP contribution in [0, 0.1) is 18.3 Å². The van der Waals surface area contributed by atoms with Crippen LogP contribution in [-0.4, -0.2) is 5.16 Å². The van der Waals surface area contributed by atoms with Crippen molar-refractivity contribution in [3.05, 3.63) is 21.7 Å². The highest BCUT2D eigenvalue weighted by Gasteiger charge is 2.05. The van der Waals surface area contributed by atoms with Gasteiger partial charge in [-0.05, 0) is 6.92 Å². The molecule has 0 bridgehead atoms. The Bertz CT molecular complexity index is 315. The molecule has 0 unspecified atom stereocenters. The Balaban J connectivity index is 3.08. The lowest BCUT2D eigenvalue weighted by Gasteiger charge is -1.81. The first kappa shape index (κ1) is 6.62. The molecule has 52 valence electrons. The number of rotatable bonds is 1. The number of aromatic nitrogens is 1. The first-order chi connectivity index (χ1) is 4.75. The summed E-state index contributed by atoms with van der Waals surface area (Å²) in [5.74, 6) is 0.424. The van der Waals surface area contributed by atoms with Crippen LogP contribution < -0.4 is 5.56 Å². The highest BCUT2D eigenvalue weighted by Crippen LogP contribution is 2.00. The predicted molar refractivity (Wildman–Crippen MR) is 33.4 cm³/mol. The fourth-order valence-corrected chi connectivity index (χ4v) is 0.628. The van der Waals surface area contributed by atoms with Crippen molar-refractivity contribution in [1.82, 2.24) is 5.16 Å². The minimum Gasteiger partial charge on any atom is -0.382 e. The van der Waals surface area contributed by atoms with Crippen LogP contribution in [0.15, 0.2) is 9.32 Å². The van der Waals surface area contributed by atoms with Crippen LogP contribution in [0.2, 0.25) is 0 Å². The van der Waals surface area contributed by atoms with Gasteiger partial charge in [0.15, 0.2) is 5.76 Å². The SMILES string of the molecule is Cc1c(CC#N)o[nH]c1=O. The zero-order valence-corrected chi connectivity index (χ0v) is 5.47. The van der Waals surface area contributed by atoms with E-state index in [-0.39, 0.29) is 12.0 Å². The van der Waals surface area contributed by atoms with E-state index in [4.69, 9.17) is 5.26 Å². The normalized spacial score (nSPS) is 9.20. The van der Waals surface area contributed by atoms with Crippen molar-refractivity contribution in [3.8, 4) is 6.07 Å². The molecule has 4 nitrogen and oxygen atoms in total. The third-order valence-electron chi connectivity index (χ3n) is 1.27. The van der Waals surface area contributed by atoms with E-state index in [1.165, 1.54) is 0 Å². The Morgan fingerprint density at radius 1 is 1.80 bits per heavy atom. The topological polar surface area (TPSA) is 69.8 Å². The quantitative estimate of drug-likeness (QED) is 0.608. The van der Waals surface area contributed by atoms with Gasteiger partial charge in [-0.25, -0.2) is 0 Å². The Morgan fingerprint density at radius 2 is 2.50 bits per heavy atom. The van der Waals surface area contributed by atoms with Gasteiger partial charge >= 0.3 is 0 Å². The maximum Gasteiger partial charge on any atom is 0.283 e. The molecular weight excluding hydrogens is 132 g/mol. The molecule has 1 heterocycles. The molecule has 1 aromatic heterocycles. The number of aromatic amines is 1. The number of hydrogen-bond donors (Lipinski definition) is 1. The lowest BCUT2D eigenvalue weighted by Crippen LogP contribution is -2.00. The Labute approximate surface area is 57.0 Å². The van der Waals surface area contributed by atoms with E-state index in [0.717, 1.165) is 0 Å². The van der Waals surface area contributed by atoms with Gasteiger partial charge in [-0.3, -0.25) is 4.79 Å². The van der Waals surface area contributed by atoms with E-state index in [2.05, 4.69) is 9.68 Å². The van der Waals surface area contributed by atoms with E-state index in [1.807, 2.05) is 6.07 Å². The fourth-order valence-electron chi connectivity index (χ4n) is 0.628. The maximum atomic E-state index is 10.7. The summed E-state index contributed by atoms with van der Waals surface area (Å²) in [4.78, 5) is 10.7. The summed E-state index contributed by atoms with van der Waals surface area (Å²) >= 11 is 0. The van der Waals surface area contributed by atoms with Crippen molar-refractivity contribution in [1.29, 1.82) is 5.26 Å². The number of H-pyrrole nitrogens is 1. The number of hydrogen-bond acceptors (Lipinski definition) is 3. The maximum absolute atomic E-state index is 10.7. The van der Waals surface area contributed by atoms with E-state index < -0.39 is 0 Å². The molecule has 4 heteroatoms. The van der Waals surface area contributed by atoms with Crippen molar-refractivity contribution in [2.45, 2.75) is 13.3 Å². The summed E-state index contributed by atoms with van der Waals surface area (Å²) in [5, 5.41) is 10.4. The fraction of sp³-hybridized carbons (Fsp3) is 0.333. The first-order valence-corrected chi connectivity index (χ1v) is 2.79. The average molecular weight is 138 g/mol. The van der Waals surface area contributed by atoms with Crippen LogP contribution in [0.5, 0.6) is 0 Å². The van der Waals surface area contributed by atoms with E-state index in [0.29, 0.717) is 11.3 Å². The monoisotopic (exact) mass is 138 g/mol. The molecule has 0 fully saturated rings. The lowest BCUT2D eigenvalue weighted by molar-refractivity contribution is 0.385. The van der Waals surface area contributed by atoms with Gasteiger partial charge in [0.25, 0.3) is 5.56 Å². The molecule has 0 aromatic carbocycles. The van der Waals surface area contributed by atoms with E-state index in [9.17, 15) is 4.79 Å². The minimum atomic E-state index is -0.259. The minimum absolute atomic E-state index is 0.143. The Hall–Kier alpha value is -1.50. The molecule has 0 radical (unpaired) electrons. The smallest absolute Gasteiger partial charge is 0.283 e. The highest BCUT2D eigenvalue weighted by atomic mass is 16.5. The summed E-state index contributed by atoms with van der Waals surface area (Å²) in [7, 11) is 0. The van der Waals surface area contributed by atoms with E-state index in [1.54, 1.807) is 6.92 Å². The summed E-state index contributed by atoms with van der Waals surface area (Å²) in [5.41, 5.74) is 0.229. The van der Waals surface area contributed by atoms with Gasteiger partial charge in [-0.15, -0.1) is 0 Å². The van der Waals surface area contributed by atoms with Crippen molar-refractivity contribution in [3.63, 3.8) is 0 Å². The zero-order chi connectivity index (χ0) is 7.56. The lowest BCUT2D eigenvalue weighted by atomic mass is 10.2. The van der Waals surface area contributed by atoms with Crippen LogP contribution >= 0.6 is 0 Å². The molecule has 1 rings (SSSR count). The third-order valence-corrected chi connectivity index (χ3v) is 1.27. The molecule has 1 aromatic rings. The second kappa shape index (κ2) is 2.40. The molecule has 0 aliphatic heterocycles. The molecule has 10 heavy (non-hydrogen) atoms. The van der Waals surface area contributed by atoms with Gasteiger partial charge in [-0.1, -0.05) is 0 Å².